The first-order chi connectivity index (χ1) is 8.22. The van der Waals surface area contributed by atoms with Gasteiger partial charge in [-0.25, -0.2) is 0 Å². The van der Waals surface area contributed by atoms with Gasteiger partial charge in [0.25, 0.3) is 0 Å². The summed E-state index contributed by atoms with van der Waals surface area (Å²) >= 11 is 3.41. The molecule has 17 heavy (non-hydrogen) atoms. The van der Waals surface area contributed by atoms with E-state index in [1.807, 2.05) is 18.2 Å². The third-order valence-electron chi connectivity index (χ3n) is 3.06. The molecule has 0 radical (unpaired) electrons. The molecule has 1 aromatic rings. The standard InChI is InChI=1S/C14H17BrO2/c1-2-3-8-17-11-5-6-12-10(9-11)4-7-13(15)14(12)16/h5-6,9,13H,2-4,7-8H2,1H3. The van der Waals surface area contributed by atoms with E-state index in [-0.39, 0.29) is 10.6 Å². The normalized spacial score (nSPS) is 18.9. The van der Waals surface area contributed by atoms with E-state index in [1.165, 1.54) is 0 Å². The number of fused-ring (bicyclic) bond motifs is 1. The maximum atomic E-state index is 11.9. The summed E-state index contributed by atoms with van der Waals surface area (Å²) in [5.41, 5.74) is 1.97. The molecule has 0 fully saturated rings. The summed E-state index contributed by atoms with van der Waals surface area (Å²) in [5, 5.41) is 0. The largest absolute Gasteiger partial charge is 0.494 e. The highest BCUT2D eigenvalue weighted by atomic mass is 79.9. The Bertz CT molecular complexity index is 415. The Hall–Kier alpha value is -0.830. The van der Waals surface area contributed by atoms with Gasteiger partial charge in [0.2, 0.25) is 0 Å². The summed E-state index contributed by atoms with van der Waals surface area (Å²) in [6, 6.07) is 5.81. The number of unbranched alkanes of at least 4 members (excludes halogenated alkanes) is 1. The molecule has 0 saturated carbocycles. The molecular weight excluding hydrogens is 280 g/mol. The number of ketones is 1. The number of aryl methyl sites for hydroxylation is 1. The molecule has 0 saturated heterocycles. The summed E-state index contributed by atoms with van der Waals surface area (Å²) in [6.45, 7) is 2.90. The molecule has 0 N–H and O–H groups in total. The summed E-state index contributed by atoms with van der Waals surface area (Å²) < 4.78 is 5.65. The molecule has 2 rings (SSSR count). The van der Waals surface area contributed by atoms with Crippen LogP contribution in [0.2, 0.25) is 0 Å². The third kappa shape index (κ3) is 2.89. The van der Waals surface area contributed by atoms with Crippen molar-refractivity contribution in [3.8, 4) is 5.75 Å². The Balaban J connectivity index is 2.12. The van der Waals surface area contributed by atoms with Crippen LogP contribution >= 0.6 is 15.9 Å². The van der Waals surface area contributed by atoms with Gasteiger partial charge in [0.1, 0.15) is 5.75 Å². The lowest BCUT2D eigenvalue weighted by atomic mass is 9.90. The first kappa shape index (κ1) is 12.6. The van der Waals surface area contributed by atoms with E-state index in [4.69, 9.17) is 4.74 Å². The minimum Gasteiger partial charge on any atom is -0.494 e. The molecule has 1 aromatic carbocycles. The fourth-order valence-corrected chi connectivity index (χ4v) is 2.50. The Morgan fingerprint density at radius 3 is 3.06 bits per heavy atom. The van der Waals surface area contributed by atoms with Crippen LogP contribution in [0.4, 0.5) is 0 Å². The molecule has 1 unspecified atom stereocenters. The van der Waals surface area contributed by atoms with E-state index in [2.05, 4.69) is 22.9 Å². The van der Waals surface area contributed by atoms with Gasteiger partial charge in [-0.3, -0.25) is 4.79 Å². The highest BCUT2D eigenvalue weighted by molar-refractivity contribution is 9.10. The number of rotatable bonds is 4. The number of Topliss-reactive ketones (excluding diaryl/α,β-unsaturated/α-hetero) is 1. The van der Waals surface area contributed by atoms with Crippen LogP contribution in [0.15, 0.2) is 18.2 Å². The van der Waals surface area contributed by atoms with Gasteiger partial charge >= 0.3 is 0 Å². The fourth-order valence-electron chi connectivity index (χ4n) is 2.02. The highest BCUT2D eigenvalue weighted by Crippen LogP contribution is 2.28. The molecule has 0 amide bonds. The lowest BCUT2D eigenvalue weighted by molar-refractivity contribution is 0.0981. The van der Waals surface area contributed by atoms with Crippen molar-refractivity contribution in [3.63, 3.8) is 0 Å². The molecule has 1 aliphatic rings. The lowest BCUT2D eigenvalue weighted by Gasteiger charge is -2.19. The van der Waals surface area contributed by atoms with E-state index in [1.54, 1.807) is 0 Å². The molecule has 0 aromatic heterocycles. The lowest BCUT2D eigenvalue weighted by Crippen LogP contribution is -2.22. The molecule has 3 heteroatoms. The summed E-state index contributed by atoms with van der Waals surface area (Å²) in [4.78, 5) is 11.9. The maximum Gasteiger partial charge on any atom is 0.176 e. The van der Waals surface area contributed by atoms with Crippen molar-refractivity contribution in [2.75, 3.05) is 6.61 Å². The molecule has 0 spiro atoms. The van der Waals surface area contributed by atoms with Crippen molar-refractivity contribution in [2.45, 2.75) is 37.4 Å². The monoisotopic (exact) mass is 296 g/mol. The van der Waals surface area contributed by atoms with Gasteiger partial charge in [0.15, 0.2) is 5.78 Å². The number of alkyl halides is 1. The Kier molecular flexibility index (Phi) is 4.21. The first-order valence-corrected chi connectivity index (χ1v) is 7.08. The molecule has 0 aliphatic heterocycles. The van der Waals surface area contributed by atoms with Gasteiger partial charge in [0.05, 0.1) is 11.4 Å². The second kappa shape index (κ2) is 5.67. The number of carbonyl (C=O) groups excluding carboxylic acids is 1. The van der Waals surface area contributed by atoms with Crippen LogP contribution in [0.1, 0.15) is 42.1 Å². The van der Waals surface area contributed by atoms with Gasteiger partial charge in [-0.15, -0.1) is 0 Å². The maximum absolute atomic E-state index is 11.9. The van der Waals surface area contributed by atoms with E-state index in [9.17, 15) is 4.79 Å². The van der Waals surface area contributed by atoms with E-state index < -0.39 is 0 Å². The number of carbonyl (C=O) groups is 1. The van der Waals surface area contributed by atoms with Gasteiger partial charge < -0.3 is 4.74 Å². The quantitative estimate of drug-likeness (QED) is 0.625. The van der Waals surface area contributed by atoms with Crippen molar-refractivity contribution < 1.29 is 9.53 Å². The van der Waals surface area contributed by atoms with Crippen LogP contribution in [0, 0.1) is 0 Å². The van der Waals surface area contributed by atoms with Gasteiger partial charge in [-0.1, -0.05) is 29.3 Å². The van der Waals surface area contributed by atoms with Crippen LogP contribution in [0.3, 0.4) is 0 Å². The molecule has 0 heterocycles. The average molecular weight is 297 g/mol. The SMILES string of the molecule is CCCCOc1ccc2c(c1)CCC(Br)C2=O. The molecule has 0 bridgehead atoms. The Morgan fingerprint density at radius 1 is 1.47 bits per heavy atom. The molecule has 1 atom stereocenters. The highest BCUT2D eigenvalue weighted by Gasteiger charge is 2.25. The van der Waals surface area contributed by atoms with Crippen molar-refractivity contribution in [3.05, 3.63) is 29.3 Å². The second-order valence-corrected chi connectivity index (χ2v) is 5.50. The van der Waals surface area contributed by atoms with E-state index in [0.717, 1.165) is 49.2 Å². The summed E-state index contributed by atoms with van der Waals surface area (Å²) in [5.74, 6) is 1.09. The van der Waals surface area contributed by atoms with E-state index >= 15 is 0 Å². The van der Waals surface area contributed by atoms with Crippen molar-refractivity contribution in [1.82, 2.24) is 0 Å². The first-order valence-electron chi connectivity index (χ1n) is 6.16. The Labute approximate surface area is 110 Å². The van der Waals surface area contributed by atoms with Crippen LogP contribution in [-0.2, 0) is 6.42 Å². The van der Waals surface area contributed by atoms with Crippen LogP contribution in [0.5, 0.6) is 5.75 Å². The molecule has 92 valence electrons. The molecule has 1 aliphatic carbocycles. The number of ether oxygens (including phenoxy) is 1. The van der Waals surface area contributed by atoms with E-state index in [0.29, 0.717) is 0 Å². The number of halogens is 1. The zero-order chi connectivity index (χ0) is 12.3. The summed E-state index contributed by atoms with van der Waals surface area (Å²) in [6.07, 6.45) is 4.03. The van der Waals surface area contributed by atoms with Crippen LogP contribution in [0.25, 0.3) is 0 Å². The Morgan fingerprint density at radius 2 is 2.29 bits per heavy atom. The van der Waals surface area contributed by atoms with Gasteiger partial charge in [-0.2, -0.15) is 0 Å². The predicted octanol–water partition coefficient (Wildman–Crippen LogP) is 3.76. The smallest absolute Gasteiger partial charge is 0.176 e. The zero-order valence-corrected chi connectivity index (χ0v) is 11.6. The second-order valence-electron chi connectivity index (χ2n) is 4.39. The minimum absolute atomic E-state index is 0.0122. The number of hydrogen-bond acceptors (Lipinski definition) is 2. The summed E-state index contributed by atoms with van der Waals surface area (Å²) in [7, 11) is 0. The topological polar surface area (TPSA) is 26.3 Å². The van der Waals surface area contributed by atoms with Gasteiger partial charge in [0, 0.05) is 5.56 Å². The third-order valence-corrected chi connectivity index (χ3v) is 3.93. The zero-order valence-electron chi connectivity index (χ0n) is 10.0. The number of hydrogen-bond donors (Lipinski definition) is 0. The minimum atomic E-state index is -0.0122. The molecular formula is C14H17BrO2. The van der Waals surface area contributed by atoms with Crippen LogP contribution < -0.4 is 4.74 Å². The average Bonchev–Trinajstić information content (AvgIpc) is 2.34. The van der Waals surface area contributed by atoms with Crippen molar-refractivity contribution >= 4 is 21.7 Å². The van der Waals surface area contributed by atoms with Crippen molar-refractivity contribution in [1.29, 1.82) is 0 Å². The van der Waals surface area contributed by atoms with Gasteiger partial charge in [-0.05, 0) is 43.0 Å². The van der Waals surface area contributed by atoms with Crippen molar-refractivity contribution in [2.24, 2.45) is 0 Å². The van der Waals surface area contributed by atoms with Crippen LogP contribution in [-0.4, -0.2) is 17.2 Å². The number of benzene rings is 1. The molecule has 2 nitrogen and oxygen atoms in total. The predicted molar refractivity (Wildman–Crippen MR) is 72.2 cm³/mol. The fraction of sp³-hybridized carbons (Fsp3) is 0.500.